The van der Waals surface area contributed by atoms with Gasteiger partial charge >= 0.3 is 5.97 Å². The van der Waals surface area contributed by atoms with Crippen LogP contribution < -0.4 is 4.74 Å². The molecule has 0 radical (unpaired) electrons. The van der Waals surface area contributed by atoms with Gasteiger partial charge in [0.05, 0.1) is 20.1 Å². The quantitative estimate of drug-likeness (QED) is 0.781. The van der Waals surface area contributed by atoms with Crippen LogP contribution in [0.1, 0.15) is 17.9 Å². The molecule has 1 aromatic rings. The van der Waals surface area contributed by atoms with Crippen LogP contribution in [0, 0.1) is 5.92 Å². The van der Waals surface area contributed by atoms with Gasteiger partial charge in [-0.2, -0.15) is 0 Å². The van der Waals surface area contributed by atoms with Crippen LogP contribution in [0.5, 0.6) is 5.75 Å². The first-order chi connectivity index (χ1) is 9.15. The minimum absolute atomic E-state index is 0.0467. The van der Waals surface area contributed by atoms with Crippen LogP contribution in [0.3, 0.4) is 0 Å². The van der Waals surface area contributed by atoms with Crippen molar-refractivity contribution in [2.45, 2.75) is 12.3 Å². The molecule has 0 aromatic heterocycles. The first-order valence-corrected chi connectivity index (χ1v) is 6.56. The molecule has 0 amide bonds. The van der Waals surface area contributed by atoms with E-state index in [2.05, 4.69) is 11.9 Å². The largest absolute Gasteiger partial charge is 0.497 e. The molecule has 0 spiro atoms. The summed E-state index contributed by atoms with van der Waals surface area (Å²) in [4.78, 5) is 14.2. The number of esters is 1. The summed E-state index contributed by atoms with van der Waals surface area (Å²) in [6, 6.07) is 7.97. The Balaban J connectivity index is 2.23. The van der Waals surface area contributed by atoms with E-state index in [0.717, 1.165) is 25.3 Å². The van der Waals surface area contributed by atoms with Crippen molar-refractivity contribution in [2.24, 2.45) is 5.92 Å². The van der Waals surface area contributed by atoms with Crippen molar-refractivity contribution in [1.82, 2.24) is 4.90 Å². The van der Waals surface area contributed by atoms with Gasteiger partial charge in [0.15, 0.2) is 0 Å². The fourth-order valence-electron chi connectivity index (χ4n) is 2.74. The summed E-state index contributed by atoms with van der Waals surface area (Å²) in [5.41, 5.74) is 1.17. The highest BCUT2D eigenvalue weighted by molar-refractivity contribution is 5.73. The normalized spacial score (nSPS) is 23.9. The minimum Gasteiger partial charge on any atom is -0.497 e. The van der Waals surface area contributed by atoms with E-state index in [1.165, 1.54) is 12.7 Å². The number of likely N-dealkylation sites (N-methyl/N-ethyl adjacent to an activating group) is 1. The number of methoxy groups -OCH3 is 2. The Morgan fingerprint density at radius 1 is 1.26 bits per heavy atom. The van der Waals surface area contributed by atoms with Gasteiger partial charge in [-0.3, -0.25) is 4.79 Å². The van der Waals surface area contributed by atoms with Crippen molar-refractivity contribution >= 4 is 5.97 Å². The van der Waals surface area contributed by atoms with Crippen molar-refractivity contribution in [1.29, 1.82) is 0 Å². The van der Waals surface area contributed by atoms with Crippen molar-refractivity contribution in [3.05, 3.63) is 29.8 Å². The van der Waals surface area contributed by atoms with E-state index in [9.17, 15) is 4.79 Å². The standard InChI is InChI=1S/C15H21NO3/c1-16-9-8-13(15(17)19-3)14(10-16)11-4-6-12(18-2)7-5-11/h4-7,13-14H,8-10H2,1-3H3. The van der Waals surface area contributed by atoms with E-state index in [1.807, 2.05) is 24.3 Å². The van der Waals surface area contributed by atoms with Gasteiger partial charge in [-0.15, -0.1) is 0 Å². The Labute approximate surface area is 114 Å². The van der Waals surface area contributed by atoms with Crippen molar-refractivity contribution < 1.29 is 14.3 Å². The number of carbonyl (C=O) groups is 1. The Hall–Kier alpha value is -1.55. The maximum absolute atomic E-state index is 11.9. The van der Waals surface area contributed by atoms with E-state index >= 15 is 0 Å². The number of hydrogen-bond acceptors (Lipinski definition) is 4. The SMILES string of the molecule is COC(=O)C1CCN(C)CC1c1ccc(OC)cc1. The van der Waals surface area contributed by atoms with Gasteiger partial charge in [-0.25, -0.2) is 0 Å². The average molecular weight is 263 g/mol. The Kier molecular flexibility index (Phi) is 4.43. The number of piperidine rings is 1. The molecule has 0 aliphatic carbocycles. The van der Waals surface area contributed by atoms with Gasteiger partial charge in [0.25, 0.3) is 0 Å². The summed E-state index contributed by atoms with van der Waals surface area (Å²) in [5.74, 6) is 0.878. The van der Waals surface area contributed by atoms with Gasteiger partial charge in [0.2, 0.25) is 0 Å². The third-order valence-electron chi connectivity index (χ3n) is 3.86. The molecule has 1 aromatic carbocycles. The van der Waals surface area contributed by atoms with Crippen molar-refractivity contribution in [2.75, 3.05) is 34.4 Å². The lowest BCUT2D eigenvalue weighted by molar-refractivity contribution is -0.147. The van der Waals surface area contributed by atoms with Crippen LogP contribution in [0.4, 0.5) is 0 Å². The lowest BCUT2D eigenvalue weighted by atomic mass is 9.81. The molecule has 104 valence electrons. The van der Waals surface area contributed by atoms with E-state index in [1.54, 1.807) is 7.11 Å². The van der Waals surface area contributed by atoms with Gasteiger partial charge in [0.1, 0.15) is 5.75 Å². The average Bonchev–Trinajstić information content (AvgIpc) is 2.46. The molecule has 1 saturated heterocycles. The van der Waals surface area contributed by atoms with Gasteiger partial charge < -0.3 is 14.4 Å². The van der Waals surface area contributed by atoms with Crippen molar-refractivity contribution in [3.63, 3.8) is 0 Å². The third-order valence-corrected chi connectivity index (χ3v) is 3.86. The molecule has 2 rings (SSSR count). The molecule has 0 saturated carbocycles. The topological polar surface area (TPSA) is 38.8 Å². The second-order valence-corrected chi connectivity index (χ2v) is 5.06. The predicted molar refractivity (Wildman–Crippen MR) is 73.4 cm³/mol. The summed E-state index contributed by atoms with van der Waals surface area (Å²) in [6.07, 6.45) is 0.847. The predicted octanol–water partition coefficient (Wildman–Crippen LogP) is 1.90. The summed E-state index contributed by atoms with van der Waals surface area (Å²) in [6.45, 7) is 1.82. The van der Waals surface area contributed by atoms with Crippen LogP contribution in [0.2, 0.25) is 0 Å². The molecule has 4 nitrogen and oxygen atoms in total. The van der Waals surface area contributed by atoms with E-state index < -0.39 is 0 Å². The van der Waals surface area contributed by atoms with E-state index in [-0.39, 0.29) is 17.8 Å². The molecular formula is C15H21NO3. The van der Waals surface area contributed by atoms with Crippen LogP contribution in [0.15, 0.2) is 24.3 Å². The molecule has 2 atom stereocenters. The fourth-order valence-corrected chi connectivity index (χ4v) is 2.74. The highest BCUT2D eigenvalue weighted by Crippen LogP contribution is 2.33. The highest BCUT2D eigenvalue weighted by atomic mass is 16.5. The smallest absolute Gasteiger partial charge is 0.309 e. The van der Waals surface area contributed by atoms with Crippen molar-refractivity contribution in [3.8, 4) is 5.75 Å². The summed E-state index contributed by atoms with van der Waals surface area (Å²) >= 11 is 0. The second-order valence-electron chi connectivity index (χ2n) is 5.06. The van der Waals surface area contributed by atoms with Crippen LogP contribution in [0.25, 0.3) is 0 Å². The number of ether oxygens (including phenoxy) is 2. The fraction of sp³-hybridized carbons (Fsp3) is 0.533. The number of carbonyl (C=O) groups excluding carboxylic acids is 1. The third kappa shape index (κ3) is 3.07. The van der Waals surface area contributed by atoms with Gasteiger partial charge in [-0.05, 0) is 37.7 Å². The van der Waals surface area contributed by atoms with E-state index in [0.29, 0.717) is 0 Å². The Morgan fingerprint density at radius 3 is 2.53 bits per heavy atom. The maximum Gasteiger partial charge on any atom is 0.309 e. The number of nitrogens with zero attached hydrogens (tertiary/aromatic N) is 1. The Morgan fingerprint density at radius 2 is 1.95 bits per heavy atom. The van der Waals surface area contributed by atoms with Gasteiger partial charge in [-0.1, -0.05) is 12.1 Å². The lowest BCUT2D eigenvalue weighted by Crippen LogP contribution is -2.40. The molecular weight excluding hydrogens is 242 g/mol. The number of hydrogen-bond donors (Lipinski definition) is 0. The zero-order valence-corrected chi connectivity index (χ0v) is 11.8. The minimum atomic E-state index is -0.103. The monoisotopic (exact) mass is 263 g/mol. The van der Waals surface area contributed by atoms with Crippen LogP contribution in [-0.4, -0.2) is 45.2 Å². The Bertz CT molecular complexity index is 430. The molecule has 19 heavy (non-hydrogen) atoms. The zero-order chi connectivity index (χ0) is 13.8. The zero-order valence-electron chi connectivity index (χ0n) is 11.8. The first-order valence-electron chi connectivity index (χ1n) is 6.56. The molecule has 1 aliphatic rings. The van der Waals surface area contributed by atoms with Crippen LogP contribution in [-0.2, 0) is 9.53 Å². The molecule has 1 aliphatic heterocycles. The lowest BCUT2D eigenvalue weighted by Gasteiger charge is -2.35. The maximum atomic E-state index is 11.9. The molecule has 0 N–H and O–H groups in total. The van der Waals surface area contributed by atoms with Crippen LogP contribution >= 0.6 is 0 Å². The molecule has 2 unspecified atom stereocenters. The number of benzene rings is 1. The highest BCUT2D eigenvalue weighted by Gasteiger charge is 2.34. The second kappa shape index (κ2) is 6.06. The molecule has 1 fully saturated rings. The number of likely N-dealkylation sites (tertiary alicyclic amines) is 1. The molecule has 4 heteroatoms. The number of rotatable bonds is 3. The molecule has 0 bridgehead atoms. The molecule has 1 heterocycles. The summed E-state index contributed by atoms with van der Waals surface area (Å²) < 4.78 is 10.1. The van der Waals surface area contributed by atoms with E-state index in [4.69, 9.17) is 9.47 Å². The summed E-state index contributed by atoms with van der Waals surface area (Å²) in [5, 5.41) is 0. The first kappa shape index (κ1) is 13.9. The van der Waals surface area contributed by atoms with Gasteiger partial charge in [0, 0.05) is 12.5 Å². The summed E-state index contributed by atoms with van der Waals surface area (Å²) in [7, 11) is 5.20.